The van der Waals surface area contributed by atoms with Gasteiger partial charge in [-0.25, -0.2) is 13.1 Å². The molecule has 0 saturated carbocycles. The fourth-order valence-corrected chi connectivity index (χ4v) is 4.29. The highest BCUT2D eigenvalue weighted by atomic mass is 32.2. The molecule has 2 N–H and O–H groups in total. The maximum Gasteiger partial charge on any atom is 0.262 e. The van der Waals surface area contributed by atoms with Gasteiger partial charge in [0.15, 0.2) is 23.1 Å². The van der Waals surface area contributed by atoms with Crippen LogP contribution >= 0.6 is 0 Å². The van der Waals surface area contributed by atoms with E-state index in [1.807, 2.05) is 0 Å². The van der Waals surface area contributed by atoms with Crippen LogP contribution in [0.3, 0.4) is 0 Å². The van der Waals surface area contributed by atoms with Gasteiger partial charge in [0, 0.05) is 36.3 Å². The molecule has 3 heterocycles. The molecule has 0 spiro atoms. The molecule has 5 rings (SSSR count). The first kappa shape index (κ1) is 20.8. The maximum atomic E-state index is 12.8. The van der Waals surface area contributed by atoms with Gasteiger partial charge in [-0.1, -0.05) is 0 Å². The maximum absolute atomic E-state index is 12.8. The number of rotatable bonds is 6. The van der Waals surface area contributed by atoms with Gasteiger partial charge in [-0.15, -0.1) is 10.2 Å². The summed E-state index contributed by atoms with van der Waals surface area (Å²) in [4.78, 5) is 0.0986. The first-order valence-electron chi connectivity index (χ1n) is 10.2. The van der Waals surface area contributed by atoms with Crippen LogP contribution in [0.5, 0.6) is 11.5 Å². The molecular formula is C22H20N6O4S. The molecule has 0 radical (unpaired) electrons. The van der Waals surface area contributed by atoms with Crippen molar-refractivity contribution in [3.05, 3.63) is 73.1 Å². The summed E-state index contributed by atoms with van der Waals surface area (Å²) in [6.07, 6.45) is 4.19. The van der Waals surface area contributed by atoms with E-state index in [-0.39, 0.29) is 4.90 Å². The molecular weight excluding hydrogens is 444 g/mol. The monoisotopic (exact) mass is 464 g/mol. The van der Waals surface area contributed by atoms with Gasteiger partial charge in [0.1, 0.15) is 0 Å². The fourth-order valence-electron chi connectivity index (χ4n) is 3.21. The third-order valence-electron chi connectivity index (χ3n) is 4.83. The van der Waals surface area contributed by atoms with Gasteiger partial charge in [-0.05, 0) is 54.6 Å². The second-order valence-electron chi connectivity index (χ2n) is 7.19. The van der Waals surface area contributed by atoms with E-state index in [0.717, 1.165) is 12.1 Å². The van der Waals surface area contributed by atoms with Crippen molar-refractivity contribution < 1.29 is 17.9 Å². The van der Waals surface area contributed by atoms with Gasteiger partial charge in [0.2, 0.25) is 0 Å². The van der Waals surface area contributed by atoms with Gasteiger partial charge in [-0.2, -0.15) is 5.10 Å². The van der Waals surface area contributed by atoms with Crippen molar-refractivity contribution in [2.45, 2.75) is 11.3 Å². The Kier molecular flexibility index (Phi) is 5.53. The number of nitrogens with zero attached hydrogens (tertiary/aromatic N) is 4. The number of nitrogens with one attached hydrogen (secondary N) is 2. The summed E-state index contributed by atoms with van der Waals surface area (Å²) < 4.78 is 41.0. The molecule has 2 aromatic heterocycles. The Morgan fingerprint density at radius 2 is 1.67 bits per heavy atom. The zero-order valence-electron chi connectivity index (χ0n) is 17.4. The van der Waals surface area contributed by atoms with E-state index in [9.17, 15) is 8.42 Å². The number of aromatic nitrogens is 4. The SMILES string of the molecule is O=S(=O)(Nc1ccc(Nc2ccc(-n3cccn3)nn2)cc1)c1ccc2c(c1)OCCCO2. The van der Waals surface area contributed by atoms with Gasteiger partial charge >= 0.3 is 0 Å². The lowest BCUT2D eigenvalue weighted by Gasteiger charge is -2.12. The standard InChI is InChI=1S/C22H20N6O4S/c29-33(30,18-7-8-19-20(15-18)32-14-2-13-31-19)27-17-5-3-16(4-6-17)24-21-9-10-22(26-25-21)28-12-1-11-23-28/h1,3-12,15,27H,2,13-14H2,(H,24,25). The molecule has 168 valence electrons. The minimum Gasteiger partial charge on any atom is -0.490 e. The molecule has 33 heavy (non-hydrogen) atoms. The Morgan fingerprint density at radius 3 is 2.39 bits per heavy atom. The number of benzene rings is 2. The quantitative estimate of drug-likeness (QED) is 0.446. The van der Waals surface area contributed by atoms with E-state index in [2.05, 4.69) is 25.3 Å². The van der Waals surface area contributed by atoms with Crippen molar-refractivity contribution in [3.63, 3.8) is 0 Å². The summed E-state index contributed by atoms with van der Waals surface area (Å²) in [7, 11) is -3.79. The summed E-state index contributed by atoms with van der Waals surface area (Å²) in [5, 5.41) is 15.5. The zero-order chi connectivity index (χ0) is 22.7. The molecule has 0 amide bonds. The first-order valence-corrected chi connectivity index (χ1v) is 11.7. The van der Waals surface area contributed by atoms with Crippen LogP contribution in [0.4, 0.5) is 17.2 Å². The van der Waals surface area contributed by atoms with Crippen LogP contribution < -0.4 is 19.5 Å². The highest BCUT2D eigenvalue weighted by Crippen LogP contribution is 2.32. The molecule has 10 nitrogen and oxygen atoms in total. The van der Waals surface area contributed by atoms with Crippen molar-refractivity contribution in [1.82, 2.24) is 20.0 Å². The third-order valence-corrected chi connectivity index (χ3v) is 6.21. The molecule has 0 atom stereocenters. The molecule has 4 aromatic rings. The van der Waals surface area contributed by atoms with E-state index >= 15 is 0 Å². The van der Waals surface area contributed by atoms with Crippen molar-refractivity contribution in [2.75, 3.05) is 23.3 Å². The molecule has 11 heteroatoms. The Hall–Kier alpha value is -4.12. The molecule has 1 aliphatic rings. The average molecular weight is 465 g/mol. The summed E-state index contributed by atoms with van der Waals surface area (Å²) in [5.41, 5.74) is 1.16. The van der Waals surface area contributed by atoms with Crippen LogP contribution in [0.1, 0.15) is 6.42 Å². The molecule has 2 aromatic carbocycles. The van der Waals surface area contributed by atoms with E-state index in [1.54, 1.807) is 65.6 Å². The summed E-state index contributed by atoms with van der Waals surface area (Å²) in [6.45, 7) is 1.02. The lowest BCUT2D eigenvalue weighted by Crippen LogP contribution is -2.13. The predicted molar refractivity (Wildman–Crippen MR) is 122 cm³/mol. The Morgan fingerprint density at radius 1 is 0.879 bits per heavy atom. The highest BCUT2D eigenvalue weighted by Gasteiger charge is 2.19. The van der Waals surface area contributed by atoms with Crippen molar-refractivity contribution in [3.8, 4) is 17.3 Å². The lowest BCUT2D eigenvalue weighted by atomic mass is 10.3. The van der Waals surface area contributed by atoms with Gasteiger partial charge in [0.25, 0.3) is 10.0 Å². The van der Waals surface area contributed by atoms with E-state index < -0.39 is 10.0 Å². The average Bonchev–Trinajstić information content (AvgIpc) is 3.26. The van der Waals surface area contributed by atoms with E-state index in [4.69, 9.17) is 9.47 Å². The second-order valence-corrected chi connectivity index (χ2v) is 8.88. The molecule has 0 unspecified atom stereocenters. The number of hydrogen-bond donors (Lipinski definition) is 2. The van der Waals surface area contributed by atoms with Crippen LogP contribution in [-0.4, -0.2) is 41.6 Å². The fraction of sp³-hybridized carbons (Fsp3) is 0.136. The second kappa shape index (κ2) is 8.79. The number of sulfonamides is 1. The number of hydrogen-bond acceptors (Lipinski definition) is 8. The third kappa shape index (κ3) is 4.72. The Balaban J connectivity index is 1.26. The minimum atomic E-state index is -3.79. The molecule has 0 fully saturated rings. The lowest BCUT2D eigenvalue weighted by molar-refractivity contribution is 0.297. The first-order chi connectivity index (χ1) is 16.1. The Bertz CT molecular complexity index is 1340. The topological polar surface area (TPSA) is 120 Å². The zero-order valence-corrected chi connectivity index (χ0v) is 18.2. The van der Waals surface area contributed by atoms with Crippen LogP contribution in [0.25, 0.3) is 5.82 Å². The summed E-state index contributed by atoms with van der Waals surface area (Å²) in [6, 6.07) is 16.8. The molecule has 0 saturated heterocycles. The number of ether oxygens (including phenoxy) is 2. The predicted octanol–water partition coefficient (Wildman–Crippen LogP) is 3.37. The minimum absolute atomic E-state index is 0.0986. The van der Waals surface area contributed by atoms with Crippen molar-refractivity contribution in [1.29, 1.82) is 0 Å². The molecule has 0 bridgehead atoms. The summed E-state index contributed by atoms with van der Waals surface area (Å²) in [5.74, 6) is 2.12. The van der Waals surface area contributed by atoms with Crippen LogP contribution in [-0.2, 0) is 10.0 Å². The smallest absolute Gasteiger partial charge is 0.262 e. The molecule has 0 aliphatic carbocycles. The van der Waals surface area contributed by atoms with E-state index in [1.165, 1.54) is 12.1 Å². The molecule has 1 aliphatic heterocycles. The van der Waals surface area contributed by atoms with Gasteiger partial charge in [0.05, 0.1) is 18.1 Å². The van der Waals surface area contributed by atoms with Gasteiger partial charge in [-0.3, -0.25) is 4.72 Å². The van der Waals surface area contributed by atoms with Crippen molar-refractivity contribution in [2.24, 2.45) is 0 Å². The van der Waals surface area contributed by atoms with Crippen LogP contribution in [0, 0.1) is 0 Å². The Labute approximate surface area is 190 Å². The van der Waals surface area contributed by atoms with Crippen LogP contribution in [0.15, 0.2) is 78.0 Å². The number of anilines is 3. The van der Waals surface area contributed by atoms with Gasteiger partial charge < -0.3 is 14.8 Å². The largest absolute Gasteiger partial charge is 0.490 e. The van der Waals surface area contributed by atoms with E-state index in [0.29, 0.717) is 42.0 Å². The van der Waals surface area contributed by atoms with Crippen LogP contribution in [0.2, 0.25) is 0 Å². The number of fused-ring (bicyclic) bond motifs is 1. The summed E-state index contributed by atoms with van der Waals surface area (Å²) >= 11 is 0. The van der Waals surface area contributed by atoms with Crippen molar-refractivity contribution >= 4 is 27.2 Å². The normalized spacial score (nSPS) is 13.2. The highest BCUT2D eigenvalue weighted by molar-refractivity contribution is 7.92.